The summed E-state index contributed by atoms with van der Waals surface area (Å²) in [6.45, 7) is 61.8. The lowest BCUT2D eigenvalue weighted by Crippen LogP contribution is -2.07. The minimum absolute atomic E-state index is 0.00463. The summed E-state index contributed by atoms with van der Waals surface area (Å²) in [5.74, 6) is 3.95. The molecule has 0 amide bonds. The SMILES string of the molecule is CC(=O)C(C)C.CC(C)Br.CC(C)C.CC(C)C(C)C.CC(C)C=O.CC(C)Cl.CC(C)F.CC(C)I.CC(C)O.CCC.CCC(C)C.COC(=O)C(C)C.COC(C)C. The monoisotopic (exact) mass is 1090 g/mol. The Kier molecular flexibility index (Phi) is 131. The molecule has 61 heavy (non-hydrogen) atoms. The van der Waals surface area contributed by atoms with Gasteiger partial charge in [0.1, 0.15) is 12.1 Å². The topological polar surface area (TPSA) is 89.9 Å². The highest BCUT2D eigenvalue weighted by Crippen LogP contribution is 2.05. The number of aliphatic hydroxyl groups is 1. The van der Waals surface area contributed by atoms with Crippen molar-refractivity contribution in [2.24, 2.45) is 41.4 Å². The number of halogens is 4. The molecular weight excluding hydrogens is 970 g/mol. The summed E-state index contributed by atoms with van der Waals surface area (Å²) in [4.78, 5) is 30.6. The van der Waals surface area contributed by atoms with E-state index in [9.17, 15) is 18.8 Å². The van der Waals surface area contributed by atoms with Crippen molar-refractivity contribution in [2.45, 2.75) is 260 Å². The van der Waals surface area contributed by atoms with Crippen LogP contribution in [0.3, 0.4) is 0 Å². The highest BCUT2D eigenvalue weighted by molar-refractivity contribution is 14.1. The van der Waals surface area contributed by atoms with E-state index < -0.39 is 6.17 Å². The number of esters is 1. The van der Waals surface area contributed by atoms with E-state index in [1.165, 1.54) is 33.8 Å². The van der Waals surface area contributed by atoms with E-state index in [1.54, 1.807) is 41.7 Å². The minimum Gasteiger partial charge on any atom is -0.469 e. The molecule has 0 unspecified atom stereocenters. The lowest BCUT2D eigenvalue weighted by atomic mass is 10.0. The number of hydrogen-bond donors (Lipinski definition) is 1. The summed E-state index contributed by atoms with van der Waals surface area (Å²) in [5, 5.41) is 8.36. The van der Waals surface area contributed by atoms with Gasteiger partial charge in [0.25, 0.3) is 0 Å². The summed E-state index contributed by atoms with van der Waals surface area (Å²) in [6, 6.07) is 0. The second kappa shape index (κ2) is 83.7. The molecule has 386 valence electrons. The van der Waals surface area contributed by atoms with Crippen molar-refractivity contribution >= 4 is 68.2 Å². The number of carbonyl (C=O) groups is 3. The molecule has 0 fully saturated rings. The molecule has 0 spiro atoms. The number of carbonyl (C=O) groups excluding carboxylic acids is 3. The first-order chi connectivity index (χ1) is 27.1. The van der Waals surface area contributed by atoms with Gasteiger partial charge in [-0.05, 0) is 86.0 Å². The Morgan fingerprint density at radius 2 is 0.803 bits per heavy atom. The lowest BCUT2D eigenvalue weighted by molar-refractivity contribution is -0.144. The number of methoxy groups -OCH3 is 2. The smallest absolute Gasteiger partial charge is 0.308 e. The number of Topliss-reactive ketones (excluding diaryl/α,β-unsaturated/α-hetero) is 1. The van der Waals surface area contributed by atoms with Crippen molar-refractivity contribution < 1.29 is 33.4 Å². The van der Waals surface area contributed by atoms with Gasteiger partial charge in [0.15, 0.2) is 0 Å². The Morgan fingerprint density at radius 1 is 0.672 bits per heavy atom. The van der Waals surface area contributed by atoms with Crippen LogP contribution >= 0.6 is 50.1 Å². The van der Waals surface area contributed by atoms with Crippen molar-refractivity contribution in [3.05, 3.63) is 0 Å². The van der Waals surface area contributed by atoms with E-state index in [0.717, 1.165) is 33.9 Å². The van der Waals surface area contributed by atoms with Gasteiger partial charge in [-0.15, -0.1) is 11.6 Å². The Bertz CT molecular complexity index is 623. The first-order valence-corrected chi connectivity index (χ1v) is 25.5. The van der Waals surface area contributed by atoms with E-state index in [4.69, 9.17) is 21.4 Å². The molecule has 1 N–H and O–H groups in total. The lowest BCUT2D eigenvalue weighted by Gasteiger charge is -2.05. The molecule has 0 aliphatic heterocycles. The van der Waals surface area contributed by atoms with E-state index in [1.807, 2.05) is 55.4 Å². The zero-order chi connectivity index (χ0) is 53.2. The van der Waals surface area contributed by atoms with Crippen LogP contribution in [0.1, 0.15) is 227 Å². The second-order valence-electron chi connectivity index (χ2n) is 18.0. The van der Waals surface area contributed by atoms with Gasteiger partial charge in [0, 0.05) is 39.2 Å². The fraction of sp³-hybridized carbons (Fsp3) is 0.941. The summed E-state index contributed by atoms with van der Waals surface area (Å²) < 4.78 is 20.9. The Balaban J connectivity index is -0.0000000374. The molecule has 0 radical (unpaired) electrons. The average molecular weight is 1090 g/mol. The van der Waals surface area contributed by atoms with Crippen LogP contribution in [0.2, 0.25) is 0 Å². The van der Waals surface area contributed by atoms with E-state index in [0.29, 0.717) is 16.3 Å². The zero-order valence-electron chi connectivity index (χ0n) is 47.5. The van der Waals surface area contributed by atoms with Gasteiger partial charge >= 0.3 is 5.97 Å². The highest BCUT2D eigenvalue weighted by atomic mass is 127. The van der Waals surface area contributed by atoms with Gasteiger partial charge in [-0.3, -0.25) is 9.59 Å². The van der Waals surface area contributed by atoms with E-state index in [2.05, 4.69) is 154 Å². The van der Waals surface area contributed by atoms with Crippen molar-refractivity contribution in [1.82, 2.24) is 0 Å². The van der Waals surface area contributed by atoms with Crippen molar-refractivity contribution in [1.29, 1.82) is 0 Å². The highest BCUT2D eigenvalue weighted by Gasteiger charge is 2.03. The summed E-state index contributed by atoms with van der Waals surface area (Å²) in [7, 11) is 3.09. The number of ketones is 1. The average Bonchev–Trinajstić information content (AvgIpc) is 3.04. The maximum absolute atomic E-state index is 11.0. The van der Waals surface area contributed by atoms with Gasteiger partial charge < -0.3 is 19.4 Å². The third-order valence-electron chi connectivity index (χ3n) is 4.38. The van der Waals surface area contributed by atoms with Gasteiger partial charge in [-0.1, -0.05) is 204 Å². The Hall–Kier alpha value is 0.160. The van der Waals surface area contributed by atoms with E-state index in [-0.39, 0.29) is 35.6 Å². The number of aliphatic hydroxyl groups excluding tert-OH is 1. The molecule has 0 aromatic rings. The van der Waals surface area contributed by atoms with Crippen LogP contribution in [0.15, 0.2) is 0 Å². The summed E-state index contributed by atoms with van der Waals surface area (Å²) in [6.07, 6.45) is 3.02. The molecule has 0 aliphatic carbocycles. The van der Waals surface area contributed by atoms with Gasteiger partial charge in [0.2, 0.25) is 0 Å². The quantitative estimate of drug-likeness (QED) is 0.123. The molecule has 10 heteroatoms. The van der Waals surface area contributed by atoms with Crippen molar-refractivity contribution in [3.63, 3.8) is 0 Å². The van der Waals surface area contributed by atoms with Crippen LogP contribution in [0.4, 0.5) is 4.39 Å². The number of aldehydes is 1. The molecule has 0 aliphatic rings. The van der Waals surface area contributed by atoms with Gasteiger partial charge in [0.05, 0.1) is 25.3 Å². The normalized spacial score (nSPS) is 9.16. The number of hydrogen-bond acceptors (Lipinski definition) is 6. The van der Waals surface area contributed by atoms with Crippen LogP contribution in [0, 0.1) is 41.4 Å². The summed E-state index contributed by atoms with van der Waals surface area (Å²) in [5.41, 5.74) is 0. The molecule has 0 aromatic carbocycles. The van der Waals surface area contributed by atoms with Crippen LogP contribution in [0.5, 0.6) is 0 Å². The molecule has 0 rings (SSSR count). The summed E-state index contributed by atoms with van der Waals surface area (Å²) >= 11 is 10.9. The predicted octanol–water partition coefficient (Wildman–Crippen LogP) is 18.4. The standard InChI is InChI=1S/C6H14.C5H10O2.C5H10O.C5H12.C4H10O.C4H8O.C4H10.C3H7Br.C3H7Cl.C3H7F.C3H7I.C3H8O.C3H8/c1-5(2)6(3)4;1-4(2)5(6)7-3;1-4(2)5(3)6;1-4-5(2)3;1-4(2)5-3;1-4(2)3-5;1-4(2)3;5*1-3(2)4;1-3-2/h5-6H,1-4H3;4H,1-3H3;4H,1-3H3;5H,4H2,1-3H3;4H,1-3H3;3-4H,1-2H3;4H,1-3H3;4*3H,1-2H3;3-4H,1-2H3;3H2,1-2H3. The Morgan fingerprint density at radius 3 is 0.803 bits per heavy atom. The maximum atomic E-state index is 11.0. The van der Waals surface area contributed by atoms with Crippen molar-refractivity contribution in [3.8, 4) is 0 Å². The van der Waals surface area contributed by atoms with Gasteiger partial charge in [-0.25, -0.2) is 4.39 Å². The molecule has 0 saturated carbocycles. The largest absolute Gasteiger partial charge is 0.469 e. The zero-order valence-corrected chi connectivity index (χ0v) is 52.0. The van der Waals surface area contributed by atoms with Crippen LogP contribution in [-0.2, 0) is 23.9 Å². The first-order valence-electron chi connectivity index (χ1n) is 22.9. The molecule has 0 heterocycles. The van der Waals surface area contributed by atoms with Crippen LogP contribution < -0.4 is 0 Å². The van der Waals surface area contributed by atoms with E-state index >= 15 is 0 Å². The first kappa shape index (κ1) is 95.4. The molecule has 0 bridgehead atoms. The fourth-order valence-electron chi connectivity index (χ4n) is 0.236. The fourth-order valence-corrected chi connectivity index (χ4v) is 0.236. The molecule has 0 atom stereocenters. The van der Waals surface area contributed by atoms with Crippen LogP contribution in [0.25, 0.3) is 0 Å². The molecule has 6 nitrogen and oxygen atoms in total. The molecule has 0 aromatic heterocycles. The molecular formula is C51H118BrClFIO6. The third kappa shape index (κ3) is 501. The minimum atomic E-state index is -0.667. The number of alkyl halides is 4. The number of ether oxygens (including phenoxy) is 2. The molecule has 0 saturated heterocycles. The Labute approximate surface area is 414 Å². The predicted molar refractivity (Wildman–Crippen MR) is 295 cm³/mol. The van der Waals surface area contributed by atoms with Gasteiger partial charge in [-0.2, -0.15) is 0 Å². The van der Waals surface area contributed by atoms with Crippen molar-refractivity contribution in [2.75, 3.05) is 14.2 Å². The number of rotatable bonds is 6. The third-order valence-corrected chi connectivity index (χ3v) is 4.38. The second-order valence-corrected chi connectivity index (χ2v) is 23.2. The van der Waals surface area contributed by atoms with Crippen LogP contribution in [-0.4, -0.2) is 69.9 Å². The maximum Gasteiger partial charge on any atom is 0.308 e.